The van der Waals surface area contributed by atoms with E-state index in [4.69, 9.17) is 9.84 Å². The van der Waals surface area contributed by atoms with E-state index in [2.05, 4.69) is 0 Å². The van der Waals surface area contributed by atoms with Crippen molar-refractivity contribution < 1.29 is 19.4 Å². The molecule has 92 valence electrons. The molecule has 1 fully saturated rings. The van der Waals surface area contributed by atoms with Crippen molar-refractivity contribution in [1.29, 1.82) is 0 Å². The maximum atomic E-state index is 12.3. The molecule has 1 N–H and O–H groups in total. The molecule has 0 bridgehead atoms. The van der Waals surface area contributed by atoms with Crippen molar-refractivity contribution in [3.63, 3.8) is 0 Å². The molecule has 1 aromatic rings. The second kappa shape index (κ2) is 3.78. The molecular formula is C14H12O4. The number of fused-ring (bicyclic) bond motifs is 1. The first-order valence-electron chi connectivity index (χ1n) is 5.83. The zero-order chi connectivity index (χ0) is 12.8. The van der Waals surface area contributed by atoms with Gasteiger partial charge < -0.3 is 9.84 Å². The van der Waals surface area contributed by atoms with Crippen LogP contribution in [-0.2, 0) is 9.53 Å². The molecule has 0 amide bonds. The quantitative estimate of drug-likeness (QED) is 0.650. The lowest BCUT2D eigenvalue weighted by Crippen LogP contribution is -2.30. The zero-order valence-corrected chi connectivity index (χ0v) is 9.63. The molecule has 2 aliphatic rings. The lowest BCUT2D eigenvalue weighted by molar-refractivity contribution is -0.132. The highest BCUT2D eigenvalue weighted by Gasteiger charge is 2.63. The Bertz CT molecular complexity index is 546. The van der Waals surface area contributed by atoms with Gasteiger partial charge in [0, 0.05) is 24.0 Å². The number of rotatable bonds is 3. The predicted molar refractivity (Wildman–Crippen MR) is 63.3 cm³/mol. The van der Waals surface area contributed by atoms with Crippen molar-refractivity contribution in [1.82, 2.24) is 0 Å². The molecule has 3 rings (SSSR count). The second-order valence-corrected chi connectivity index (χ2v) is 4.63. The molecule has 0 spiro atoms. The summed E-state index contributed by atoms with van der Waals surface area (Å²) in [6.07, 6.45) is 1.99. The Labute approximate surface area is 104 Å². The third-order valence-corrected chi connectivity index (χ3v) is 3.57. The average molecular weight is 244 g/mol. The highest BCUT2D eigenvalue weighted by molar-refractivity contribution is 6.05. The molecule has 2 atom stereocenters. The molecule has 4 heteroatoms. The minimum Gasteiger partial charge on any atom is -0.478 e. The summed E-state index contributed by atoms with van der Waals surface area (Å²) >= 11 is 0. The number of benzene rings is 1. The summed E-state index contributed by atoms with van der Waals surface area (Å²) < 4.78 is 5.50. The summed E-state index contributed by atoms with van der Waals surface area (Å²) in [6.45, 7) is 0. The molecule has 1 aromatic carbocycles. The fraction of sp³-hybridized carbons (Fsp3) is 0.286. The van der Waals surface area contributed by atoms with Crippen LogP contribution in [0, 0.1) is 0 Å². The van der Waals surface area contributed by atoms with Gasteiger partial charge in [-0.3, -0.25) is 4.79 Å². The Balaban J connectivity index is 1.84. The molecule has 1 heterocycles. The maximum Gasteiger partial charge on any atom is 0.331 e. The third kappa shape index (κ3) is 1.57. The Morgan fingerprint density at radius 2 is 2.00 bits per heavy atom. The van der Waals surface area contributed by atoms with Crippen LogP contribution in [0.3, 0.4) is 0 Å². The number of carboxylic acids is 1. The first kappa shape index (κ1) is 11.2. The van der Waals surface area contributed by atoms with E-state index in [0.717, 1.165) is 0 Å². The number of aliphatic carboxylic acids is 1. The minimum atomic E-state index is -0.925. The number of epoxide rings is 1. The monoisotopic (exact) mass is 244 g/mol. The number of carbonyl (C=O) groups excluding carboxylic acids is 1. The molecular weight excluding hydrogens is 232 g/mol. The molecule has 1 aliphatic heterocycles. The predicted octanol–water partition coefficient (Wildman–Crippen LogP) is 1.81. The summed E-state index contributed by atoms with van der Waals surface area (Å²) in [5.74, 6) is -0.972. The van der Waals surface area contributed by atoms with Crippen LogP contribution in [-0.4, -0.2) is 28.6 Å². The van der Waals surface area contributed by atoms with Crippen molar-refractivity contribution in [3.05, 3.63) is 47.5 Å². The fourth-order valence-electron chi connectivity index (χ4n) is 2.46. The number of hydrogen-bond donors (Lipinski definition) is 1. The van der Waals surface area contributed by atoms with Gasteiger partial charge in [-0.15, -0.1) is 0 Å². The van der Waals surface area contributed by atoms with E-state index in [9.17, 15) is 9.59 Å². The molecule has 2 unspecified atom stereocenters. The second-order valence-electron chi connectivity index (χ2n) is 4.63. The topological polar surface area (TPSA) is 66.9 Å². The highest BCUT2D eigenvalue weighted by Crippen LogP contribution is 2.49. The summed E-state index contributed by atoms with van der Waals surface area (Å²) in [4.78, 5) is 23.2. The van der Waals surface area contributed by atoms with Crippen molar-refractivity contribution >= 4 is 11.8 Å². The van der Waals surface area contributed by atoms with E-state index < -0.39 is 11.6 Å². The SMILES string of the molecule is O=C(O)C1=CCC2(C(=O)c3ccccc3)OC2C1. The van der Waals surface area contributed by atoms with Gasteiger partial charge in [-0.05, 0) is 0 Å². The van der Waals surface area contributed by atoms with E-state index in [1.807, 2.05) is 18.2 Å². The lowest BCUT2D eigenvalue weighted by atomic mass is 9.84. The van der Waals surface area contributed by atoms with Crippen LogP contribution in [0.5, 0.6) is 0 Å². The standard InChI is InChI=1S/C14H12O4/c15-12(9-4-2-1-3-5-9)14-7-6-10(13(16)17)8-11(14)18-14/h1-6,11H,7-8H2,(H,16,17). The van der Waals surface area contributed by atoms with Crippen molar-refractivity contribution in [3.8, 4) is 0 Å². The zero-order valence-electron chi connectivity index (χ0n) is 9.63. The number of ether oxygens (including phenoxy) is 1. The molecule has 4 nitrogen and oxygen atoms in total. The largest absolute Gasteiger partial charge is 0.478 e. The summed E-state index contributed by atoms with van der Waals surface area (Å²) in [5.41, 5.74) is 0.154. The highest BCUT2D eigenvalue weighted by atomic mass is 16.6. The normalized spacial score (nSPS) is 29.1. The summed E-state index contributed by atoms with van der Waals surface area (Å²) in [7, 11) is 0. The molecule has 18 heavy (non-hydrogen) atoms. The van der Waals surface area contributed by atoms with E-state index in [1.54, 1.807) is 18.2 Å². The van der Waals surface area contributed by atoms with Gasteiger partial charge in [-0.2, -0.15) is 0 Å². The molecule has 1 saturated heterocycles. The van der Waals surface area contributed by atoms with Gasteiger partial charge in [0.2, 0.25) is 0 Å². The first-order valence-corrected chi connectivity index (χ1v) is 5.83. The number of Topliss-reactive ketones (excluding diaryl/α,β-unsaturated/α-hetero) is 1. The smallest absolute Gasteiger partial charge is 0.331 e. The number of ketones is 1. The summed E-state index contributed by atoms with van der Waals surface area (Å²) in [6, 6.07) is 8.98. The van der Waals surface area contributed by atoms with E-state index in [-0.39, 0.29) is 11.9 Å². The molecule has 0 aromatic heterocycles. The maximum absolute atomic E-state index is 12.3. The van der Waals surface area contributed by atoms with E-state index in [1.165, 1.54) is 0 Å². The van der Waals surface area contributed by atoms with Gasteiger partial charge >= 0.3 is 5.97 Å². The van der Waals surface area contributed by atoms with Gasteiger partial charge in [0.15, 0.2) is 11.4 Å². The van der Waals surface area contributed by atoms with Crippen molar-refractivity contribution in [2.24, 2.45) is 0 Å². The van der Waals surface area contributed by atoms with Gasteiger partial charge in [0.25, 0.3) is 0 Å². The van der Waals surface area contributed by atoms with Gasteiger partial charge in [0.1, 0.15) is 6.10 Å². The van der Waals surface area contributed by atoms with Crippen LogP contribution in [0.4, 0.5) is 0 Å². The first-order chi connectivity index (χ1) is 8.63. The average Bonchev–Trinajstić information content (AvgIpc) is 3.13. The van der Waals surface area contributed by atoms with Crippen LogP contribution in [0.15, 0.2) is 42.0 Å². The molecule has 0 saturated carbocycles. The Morgan fingerprint density at radius 3 is 2.61 bits per heavy atom. The van der Waals surface area contributed by atoms with Crippen LogP contribution >= 0.6 is 0 Å². The molecule has 0 radical (unpaired) electrons. The van der Waals surface area contributed by atoms with Crippen LogP contribution in [0.2, 0.25) is 0 Å². The minimum absolute atomic E-state index is 0.0474. The van der Waals surface area contributed by atoms with Crippen LogP contribution in [0.1, 0.15) is 23.2 Å². The van der Waals surface area contributed by atoms with E-state index in [0.29, 0.717) is 24.0 Å². The third-order valence-electron chi connectivity index (χ3n) is 3.57. The molecule has 1 aliphatic carbocycles. The van der Waals surface area contributed by atoms with Crippen molar-refractivity contribution in [2.45, 2.75) is 24.5 Å². The summed E-state index contributed by atoms with van der Waals surface area (Å²) in [5, 5.41) is 8.91. The Kier molecular flexibility index (Phi) is 2.35. The fourth-order valence-corrected chi connectivity index (χ4v) is 2.46. The van der Waals surface area contributed by atoms with Crippen molar-refractivity contribution in [2.75, 3.05) is 0 Å². The van der Waals surface area contributed by atoms with Gasteiger partial charge in [0.05, 0.1) is 0 Å². The van der Waals surface area contributed by atoms with Crippen LogP contribution < -0.4 is 0 Å². The number of carbonyl (C=O) groups is 2. The Hall–Kier alpha value is -1.94. The van der Waals surface area contributed by atoms with Gasteiger partial charge in [-0.25, -0.2) is 4.79 Å². The lowest BCUT2D eigenvalue weighted by Gasteiger charge is -2.14. The van der Waals surface area contributed by atoms with Crippen LogP contribution in [0.25, 0.3) is 0 Å². The number of hydrogen-bond acceptors (Lipinski definition) is 3. The number of carboxylic acid groups (broad SMARTS) is 1. The Morgan fingerprint density at radius 1 is 1.28 bits per heavy atom. The van der Waals surface area contributed by atoms with Gasteiger partial charge in [-0.1, -0.05) is 36.4 Å². The van der Waals surface area contributed by atoms with E-state index >= 15 is 0 Å².